The molecule has 0 fully saturated rings. The fraction of sp³-hybridized carbons (Fsp3) is 0.438. The molecule has 0 aliphatic rings. The van der Waals surface area contributed by atoms with E-state index in [0.717, 1.165) is 36.0 Å². The third-order valence-corrected chi connectivity index (χ3v) is 4.51. The first-order valence-corrected chi connectivity index (χ1v) is 8.51. The van der Waals surface area contributed by atoms with Crippen molar-refractivity contribution in [2.45, 2.75) is 39.9 Å². The van der Waals surface area contributed by atoms with Gasteiger partial charge in [-0.15, -0.1) is 11.3 Å². The van der Waals surface area contributed by atoms with Gasteiger partial charge in [0.15, 0.2) is 0 Å². The van der Waals surface area contributed by atoms with Crippen LogP contribution in [0.15, 0.2) is 29.8 Å². The van der Waals surface area contributed by atoms with Gasteiger partial charge in [0.2, 0.25) is 0 Å². The van der Waals surface area contributed by atoms with Gasteiger partial charge in [0, 0.05) is 23.7 Å². The number of hydrogen-bond donors (Lipinski definition) is 1. The molecule has 5 heteroatoms. The van der Waals surface area contributed by atoms with Gasteiger partial charge in [0.1, 0.15) is 5.82 Å². The van der Waals surface area contributed by atoms with Crippen LogP contribution in [0.1, 0.15) is 31.2 Å². The number of halogens is 1. The highest BCUT2D eigenvalue weighted by atomic mass is 35.5. The average Bonchev–Trinajstić information content (AvgIpc) is 2.97. The first-order valence-electron chi connectivity index (χ1n) is 7.26. The van der Waals surface area contributed by atoms with Gasteiger partial charge in [-0.1, -0.05) is 24.6 Å². The Balaban J connectivity index is 2.23. The summed E-state index contributed by atoms with van der Waals surface area (Å²) in [5.74, 6) is 0.982. The van der Waals surface area contributed by atoms with Crippen LogP contribution in [-0.2, 0) is 13.1 Å². The van der Waals surface area contributed by atoms with E-state index in [4.69, 9.17) is 11.6 Å². The molecule has 1 N–H and O–H groups in total. The molecule has 2 heterocycles. The maximum absolute atomic E-state index is 6.24. The molecule has 0 amide bonds. The van der Waals surface area contributed by atoms with Crippen molar-refractivity contribution in [3.8, 4) is 0 Å². The molecule has 2 aromatic rings. The van der Waals surface area contributed by atoms with E-state index >= 15 is 0 Å². The van der Waals surface area contributed by atoms with Gasteiger partial charge in [0.05, 0.1) is 11.6 Å². The largest absolute Gasteiger partial charge is 0.349 e. The Labute approximate surface area is 136 Å². The quantitative estimate of drug-likeness (QED) is 0.822. The molecular weight excluding hydrogens is 302 g/mol. The van der Waals surface area contributed by atoms with Gasteiger partial charge < -0.3 is 10.2 Å². The summed E-state index contributed by atoms with van der Waals surface area (Å²) in [5, 5.41) is 6.15. The molecule has 2 aromatic heterocycles. The third-order valence-electron chi connectivity index (χ3n) is 3.31. The summed E-state index contributed by atoms with van der Waals surface area (Å²) in [6, 6.07) is 6.73. The highest BCUT2D eigenvalue weighted by molar-refractivity contribution is 7.09. The second-order valence-corrected chi connectivity index (χ2v) is 6.65. The van der Waals surface area contributed by atoms with Crippen molar-refractivity contribution in [3.05, 3.63) is 45.2 Å². The predicted octanol–water partition coefficient (Wildman–Crippen LogP) is 4.32. The minimum absolute atomic E-state index is 0.382. The van der Waals surface area contributed by atoms with Gasteiger partial charge in [0.25, 0.3) is 0 Å². The first-order chi connectivity index (χ1) is 10.1. The van der Waals surface area contributed by atoms with Gasteiger partial charge in [-0.05, 0) is 43.5 Å². The van der Waals surface area contributed by atoms with E-state index in [0.29, 0.717) is 6.04 Å². The van der Waals surface area contributed by atoms with Crippen LogP contribution in [0.25, 0.3) is 0 Å². The Bertz CT molecular complexity index is 555. The van der Waals surface area contributed by atoms with Crippen LogP contribution in [0.3, 0.4) is 0 Å². The topological polar surface area (TPSA) is 28.2 Å². The Morgan fingerprint density at radius 3 is 2.86 bits per heavy atom. The fourth-order valence-electron chi connectivity index (χ4n) is 2.12. The lowest BCUT2D eigenvalue weighted by Gasteiger charge is -2.28. The van der Waals surface area contributed by atoms with E-state index in [1.807, 2.05) is 0 Å². The van der Waals surface area contributed by atoms with Crippen LogP contribution in [0.2, 0.25) is 5.02 Å². The van der Waals surface area contributed by atoms with Crippen LogP contribution < -0.4 is 10.2 Å². The van der Waals surface area contributed by atoms with Crippen molar-refractivity contribution in [2.24, 2.45) is 0 Å². The molecule has 0 atom stereocenters. The molecule has 114 valence electrons. The maximum Gasteiger partial charge on any atom is 0.129 e. The number of thiophene rings is 1. The average molecular weight is 324 g/mol. The highest BCUT2D eigenvalue weighted by Crippen LogP contribution is 2.24. The highest BCUT2D eigenvalue weighted by Gasteiger charge is 2.15. The zero-order chi connectivity index (χ0) is 15.2. The first kappa shape index (κ1) is 16.3. The molecule has 21 heavy (non-hydrogen) atoms. The molecule has 0 saturated carbocycles. The second-order valence-electron chi connectivity index (χ2n) is 5.22. The van der Waals surface area contributed by atoms with Gasteiger partial charge in [-0.25, -0.2) is 4.98 Å². The minimum Gasteiger partial charge on any atom is -0.349 e. The molecule has 0 aliphatic carbocycles. The third kappa shape index (κ3) is 4.43. The lowest BCUT2D eigenvalue weighted by atomic mass is 10.2. The Morgan fingerprint density at radius 1 is 1.43 bits per heavy atom. The number of rotatable bonds is 7. The van der Waals surface area contributed by atoms with Gasteiger partial charge >= 0.3 is 0 Å². The lowest BCUT2D eigenvalue weighted by Crippen LogP contribution is -2.30. The van der Waals surface area contributed by atoms with Crippen molar-refractivity contribution in [2.75, 3.05) is 11.4 Å². The summed E-state index contributed by atoms with van der Waals surface area (Å²) in [6.45, 7) is 9.05. The van der Waals surface area contributed by atoms with Crippen molar-refractivity contribution >= 4 is 28.8 Å². The summed E-state index contributed by atoms with van der Waals surface area (Å²) in [5.41, 5.74) is 1.10. The second kappa shape index (κ2) is 7.78. The van der Waals surface area contributed by atoms with E-state index in [1.54, 1.807) is 17.5 Å². The molecule has 0 aromatic carbocycles. The Kier molecular flexibility index (Phi) is 6.03. The molecule has 0 bridgehead atoms. The van der Waals surface area contributed by atoms with Crippen LogP contribution >= 0.6 is 22.9 Å². The minimum atomic E-state index is 0.382. The molecule has 0 radical (unpaired) electrons. The fourth-order valence-corrected chi connectivity index (χ4v) is 2.99. The molecule has 0 spiro atoms. The smallest absolute Gasteiger partial charge is 0.129 e. The maximum atomic E-state index is 6.24. The summed E-state index contributed by atoms with van der Waals surface area (Å²) in [4.78, 5) is 8.16. The lowest BCUT2D eigenvalue weighted by molar-refractivity contribution is 0.673. The van der Waals surface area contributed by atoms with E-state index in [9.17, 15) is 0 Å². The Morgan fingerprint density at radius 2 is 2.24 bits per heavy atom. The van der Waals surface area contributed by atoms with Crippen molar-refractivity contribution in [1.82, 2.24) is 10.3 Å². The zero-order valence-electron chi connectivity index (χ0n) is 12.8. The standard InChI is InChI=1S/C16H22ClN3S/c1-4-18-9-13-8-16(19-10-15(13)17)20(12(2)3)11-14-6-5-7-21-14/h5-8,10,12,18H,4,9,11H2,1-3H3. The number of pyridine rings is 1. The van der Waals surface area contributed by atoms with E-state index in [-0.39, 0.29) is 0 Å². The van der Waals surface area contributed by atoms with E-state index in [1.165, 1.54) is 4.88 Å². The number of aromatic nitrogens is 1. The summed E-state index contributed by atoms with van der Waals surface area (Å²) in [6.07, 6.45) is 1.76. The summed E-state index contributed by atoms with van der Waals surface area (Å²) in [7, 11) is 0. The monoisotopic (exact) mass is 323 g/mol. The normalized spacial score (nSPS) is 11.1. The summed E-state index contributed by atoms with van der Waals surface area (Å²) >= 11 is 8.02. The SMILES string of the molecule is CCNCc1cc(N(Cc2cccs2)C(C)C)ncc1Cl. The molecule has 0 unspecified atom stereocenters. The molecule has 0 aliphatic heterocycles. The number of nitrogens with one attached hydrogen (secondary N) is 1. The zero-order valence-corrected chi connectivity index (χ0v) is 14.3. The van der Waals surface area contributed by atoms with Gasteiger partial charge in [-0.3, -0.25) is 0 Å². The number of nitrogens with zero attached hydrogens (tertiary/aromatic N) is 2. The van der Waals surface area contributed by atoms with Crippen molar-refractivity contribution < 1.29 is 0 Å². The van der Waals surface area contributed by atoms with Crippen LogP contribution in [0.4, 0.5) is 5.82 Å². The predicted molar refractivity (Wildman–Crippen MR) is 92.3 cm³/mol. The Hall–Kier alpha value is -1.10. The van der Waals surface area contributed by atoms with Crippen LogP contribution in [0.5, 0.6) is 0 Å². The van der Waals surface area contributed by atoms with E-state index in [2.05, 4.69) is 59.6 Å². The van der Waals surface area contributed by atoms with Crippen molar-refractivity contribution in [1.29, 1.82) is 0 Å². The van der Waals surface area contributed by atoms with E-state index < -0.39 is 0 Å². The van der Waals surface area contributed by atoms with Crippen LogP contribution in [-0.4, -0.2) is 17.6 Å². The number of anilines is 1. The van der Waals surface area contributed by atoms with Crippen LogP contribution in [0, 0.1) is 0 Å². The van der Waals surface area contributed by atoms with Gasteiger partial charge in [-0.2, -0.15) is 0 Å². The molecule has 2 rings (SSSR count). The molecule has 3 nitrogen and oxygen atoms in total. The summed E-state index contributed by atoms with van der Waals surface area (Å²) < 4.78 is 0. The molecular formula is C16H22ClN3S. The molecule has 0 saturated heterocycles. The van der Waals surface area contributed by atoms with Crippen molar-refractivity contribution in [3.63, 3.8) is 0 Å². The number of hydrogen-bond acceptors (Lipinski definition) is 4.